The third-order valence-corrected chi connectivity index (χ3v) is 7.73. The molecular formula is C28H30FN3O3S. The van der Waals surface area contributed by atoms with Gasteiger partial charge in [-0.05, 0) is 74.1 Å². The van der Waals surface area contributed by atoms with Gasteiger partial charge < -0.3 is 14.5 Å². The van der Waals surface area contributed by atoms with Gasteiger partial charge in [0, 0.05) is 30.9 Å². The van der Waals surface area contributed by atoms with E-state index in [1.54, 1.807) is 16.3 Å². The Kier molecular flexibility index (Phi) is 7.05. The summed E-state index contributed by atoms with van der Waals surface area (Å²) in [5.74, 6) is 0.497. The van der Waals surface area contributed by atoms with E-state index in [1.807, 2.05) is 43.0 Å². The maximum absolute atomic E-state index is 14.2. The lowest BCUT2D eigenvalue weighted by molar-refractivity contribution is -0.134. The molecule has 1 aromatic heterocycles. The molecule has 6 nitrogen and oxygen atoms in total. The average molecular weight is 508 g/mol. The van der Waals surface area contributed by atoms with Gasteiger partial charge in [-0.25, -0.2) is 9.37 Å². The van der Waals surface area contributed by atoms with Crippen LogP contribution in [0.5, 0.6) is 5.75 Å². The van der Waals surface area contributed by atoms with Gasteiger partial charge in [-0.2, -0.15) is 0 Å². The third kappa shape index (κ3) is 5.00. The highest BCUT2D eigenvalue weighted by Gasteiger charge is 2.39. The van der Waals surface area contributed by atoms with Crippen LogP contribution in [-0.2, 0) is 17.8 Å². The minimum atomic E-state index is -0.348. The van der Waals surface area contributed by atoms with E-state index in [4.69, 9.17) is 4.74 Å². The van der Waals surface area contributed by atoms with E-state index in [0.29, 0.717) is 31.1 Å². The molecule has 1 atom stereocenters. The highest BCUT2D eigenvalue weighted by atomic mass is 32.1. The Labute approximate surface area is 214 Å². The van der Waals surface area contributed by atoms with Gasteiger partial charge >= 0.3 is 0 Å². The number of hydrogen-bond acceptors (Lipinski definition) is 5. The number of aromatic nitrogens is 1. The second-order valence-electron chi connectivity index (χ2n) is 9.27. The van der Waals surface area contributed by atoms with Crippen molar-refractivity contribution in [2.45, 2.75) is 45.8 Å². The van der Waals surface area contributed by atoms with Gasteiger partial charge in [-0.3, -0.25) is 9.59 Å². The van der Waals surface area contributed by atoms with Gasteiger partial charge in [-0.1, -0.05) is 18.2 Å². The monoisotopic (exact) mass is 507 g/mol. The van der Waals surface area contributed by atoms with E-state index in [-0.39, 0.29) is 36.2 Å². The predicted octanol–water partition coefficient (Wildman–Crippen LogP) is 5.23. The molecule has 1 aliphatic heterocycles. The molecule has 2 heterocycles. The molecule has 0 radical (unpaired) electrons. The summed E-state index contributed by atoms with van der Waals surface area (Å²) in [6, 6.07) is 12.1. The average Bonchev–Trinajstić information content (AvgIpc) is 3.64. The minimum absolute atomic E-state index is 0.0744. The van der Waals surface area contributed by atoms with Crippen molar-refractivity contribution in [3.05, 3.63) is 81.1 Å². The molecule has 1 aliphatic carbocycles. The largest absolute Gasteiger partial charge is 0.486 e. The quantitative estimate of drug-likeness (QED) is 0.419. The highest BCUT2D eigenvalue weighted by Crippen LogP contribution is 2.41. The first-order valence-electron chi connectivity index (χ1n) is 12.5. The number of ether oxygens (including phenoxy) is 1. The van der Waals surface area contributed by atoms with Gasteiger partial charge in [0.25, 0.3) is 5.91 Å². The molecule has 2 aromatic carbocycles. The van der Waals surface area contributed by atoms with E-state index >= 15 is 0 Å². The van der Waals surface area contributed by atoms with Crippen molar-refractivity contribution in [1.29, 1.82) is 0 Å². The first kappa shape index (κ1) is 24.4. The Morgan fingerprint density at radius 2 is 1.97 bits per heavy atom. The molecule has 3 aromatic rings. The molecule has 36 heavy (non-hydrogen) atoms. The summed E-state index contributed by atoms with van der Waals surface area (Å²) in [5, 5.41) is 2.49. The van der Waals surface area contributed by atoms with Crippen LogP contribution in [0.15, 0.2) is 47.8 Å². The molecule has 0 N–H and O–H groups in total. The van der Waals surface area contributed by atoms with Crippen molar-refractivity contribution in [2.24, 2.45) is 5.92 Å². The van der Waals surface area contributed by atoms with Crippen molar-refractivity contribution in [3.8, 4) is 5.75 Å². The Morgan fingerprint density at radius 1 is 1.17 bits per heavy atom. The van der Waals surface area contributed by atoms with Crippen molar-refractivity contribution in [1.82, 2.24) is 14.8 Å². The number of hydrogen-bond donors (Lipinski definition) is 0. The lowest BCUT2D eigenvalue weighted by atomic mass is 9.87. The fourth-order valence-corrected chi connectivity index (χ4v) is 5.49. The van der Waals surface area contributed by atoms with Gasteiger partial charge in [0.2, 0.25) is 5.91 Å². The van der Waals surface area contributed by atoms with Crippen LogP contribution in [0.25, 0.3) is 0 Å². The van der Waals surface area contributed by atoms with Gasteiger partial charge in [0.15, 0.2) is 0 Å². The summed E-state index contributed by atoms with van der Waals surface area (Å²) in [6.45, 7) is 6.03. The fourth-order valence-electron chi connectivity index (χ4n) is 4.81. The van der Waals surface area contributed by atoms with E-state index < -0.39 is 0 Å². The summed E-state index contributed by atoms with van der Waals surface area (Å²) in [6.07, 6.45) is 2.60. The molecule has 1 saturated carbocycles. The molecule has 0 bridgehead atoms. The van der Waals surface area contributed by atoms with Crippen LogP contribution in [0, 0.1) is 11.7 Å². The fraction of sp³-hybridized carbons (Fsp3) is 0.393. The first-order chi connectivity index (χ1) is 17.5. The maximum Gasteiger partial charge on any atom is 0.273 e. The summed E-state index contributed by atoms with van der Waals surface area (Å²) < 4.78 is 20.3. The smallest absolute Gasteiger partial charge is 0.273 e. The van der Waals surface area contributed by atoms with Crippen LogP contribution in [0.3, 0.4) is 0 Å². The first-order valence-corrected chi connectivity index (χ1v) is 13.4. The zero-order chi connectivity index (χ0) is 25.2. The summed E-state index contributed by atoms with van der Waals surface area (Å²) in [5.41, 5.74) is 3.31. The number of carbonyl (C=O) groups excluding carboxylic acids is 2. The number of nitrogens with zero attached hydrogens (tertiary/aromatic N) is 3. The van der Waals surface area contributed by atoms with E-state index in [2.05, 4.69) is 4.98 Å². The van der Waals surface area contributed by atoms with Crippen molar-refractivity contribution < 1.29 is 18.7 Å². The lowest BCUT2D eigenvalue weighted by Gasteiger charge is -2.38. The van der Waals surface area contributed by atoms with Crippen LogP contribution in [0.2, 0.25) is 0 Å². The predicted molar refractivity (Wildman–Crippen MR) is 137 cm³/mol. The van der Waals surface area contributed by atoms with Crippen LogP contribution < -0.4 is 4.74 Å². The summed E-state index contributed by atoms with van der Waals surface area (Å²) in [4.78, 5) is 33.8. The standard InChI is InChI=1S/C28H30FN3O3S/c1-3-31(4-2)28(34)24-17-36-25(30-24)16-35-22-11-10-18-12-13-32(27(33)19-8-9-19)26(23(18)15-22)20-6-5-7-21(29)14-20/h5-7,10-11,14-15,17,19,26H,3-4,8-9,12-13,16H2,1-2H3. The molecule has 2 aliphatic rings. The van der Waals surface area contributed by atoms with Gasteiger partial charge in [0.05, 0.1) is 6.04 Å². The molecule has 188 valence electrons. The van der Waals surface area contributed by atoms with Crippen LogP contribution in [-0.4, -0.2) is 46.2 Å². The second kappa shape index (κ2) is 10.4. The Balaban J connectivity index is 1.38. The third-order valence-electron chi connectivity index (χ3n) is 6.90. The SMILES string of the molecule is CCN(CC)C(=O)c1csc(COc2ccc3c(c2)C(c2cccc(F)c2)N(C(=O)C2CC2)CC3)n1. The number of carbonyl (C=O) groups is 2. The van der Waals surface area contributed by atoms with E-state index in [9.17, 15) is 14.0 Å². The van der Waals surface area contributed by atoms with Crippen molar-refractivity contribution in [3.63, 3.8) is 0 Å². The molecule has 1 unspecified atom stereocenters. The Bertz CT molecular complexity index is 1270. The van der Waals surface area contributed by atoms with E-state index in [0.717, 1.165) is 41.0 Å². The van der Waals surface area contributed by atoms with E-state index in [1.165, 1.54) is 23.5 Å². The molecule has 8 heteroatoms. The molecule has 1 fully saturated rings. The lowest BCUT2D eigenvalue weighted by Crippen LogP contribution is -2.41. The number of thiazole rings is 1. The van der Waals surface area contributed by atoms with Crippen molar-refractivity contribution in [2.75, 3.05) is 19.6 Å². The van der Waals surface area contributed by atoms with Crippen LogP contribution in [0.1, 0.15) is 64.9 Å². The number of rotatable bonds is 8. The van der Waals surface area contributed by atoms with Gasteiger partial charge in [0.1, 0.15) is 28.9 Å². The minimum Gasteiger partial charge on any atom is -0.486 e. The molecular weight excluding hydrogens is 477 g/mol. The topological polar surface area (TPSA) is 62.7 Å². The van der Waals surface area contributed by atoms with Crippen molar-refractivity contribution >= 4 is 23.2 Å². The summed E-state index contributed by atoms with van der Waals surface area (Å²) in [7, 11) is 0. The molecule has 0 saturated heterocycles. The zero-order valence-electron chi connectivity index (χ0n) is 20.6. The Hall–Kier alpha value is -3.26. The molecule has 5 rings (SSSR count). The van der Waals surface area contributed by atoms with Crippen LogP contribution >= 0.6 is 11.3 Å². The normalized spacial score (nSPS) is 17.0. The van der Waals surface area contributed by atoms with Crippen LogP contribution in [0.4, 0.5) is 4.39 Å². The number of benzene rings is 2. The summed E-state index contributed by atoms with van der Waals surface area (Å²) >= 11 is 1.40. The second-order valence-corrected chi connectivity index (χ2v) is 10.2. The molecule has 0 spiro atoms. The number of halogens is 1. The molecule has 2 amide bonds. The highest BCUT2D eigenvalue weighted by molar-refractivity contribution is 7.09. The number of fused-ring (bicyclic) bond motifs is 1. The Morgan fingerprint density at radius 3 is 2.69 bits per heavy atom. The number of amides is 2. The zero-order valence-corrected chi connectivity index (χ0v) is 21.4. The maximum atomic E-state index is 14.2. The van der Waals surface area contributed by atoms with Gasteiger partial charge in [-0.15, -0.1) is 11.3 Å².